The predicted molar refractivity (Wildman–Crippen MR) is 86.2 cm³/mol. The van der Waals surface area contributed by atoms with Gasteiger partial charge in [-0.3, -0.25) is 4.68 Å². The van der Waals surface area contributed by atoms with Crippen molar-refractivity contribution in [2.24, 2.45) is 13.0 Å². The third-order valence-corrected chi connectivity index (χ3v) is 4.24. The number of benzene rings is 1. The maximum Gasteiger partial charge on any atom is 0.0539 e. The van der Waals surface area contributed by atoms with Crippen LogP contribution in [0.15, 0.2) is 36.7 Å². The Morgan fingerprint density at radius 2 is 2.14 bits per heavy atom. The lowest BCUT2D eigenvalue weighted by molar-refractivity contribution is 0.403. The lowest BCUT2D eigenvalue weighted by Gasteiger charge is -2.29. The fraction of sp³-hybridized carbons (Fsp3) is 0.471. The highest BCUT2D eigenvalue weighted by molar-refractivity contribution is 5.55. The van der Waals surface area contributed by atoms with E-state index in [1.165, 1.54) is 16.8 Å². The van der Waals surface area contributed by atoms with E-state index in [0.717, 1.165) is 19.6 Å². The highest BCUT2D eigenvalue weighted by Gasteiger charge is 2.23. The van der Waals surface area contributed by atoms with Gasteiger partial charge in [-0.2, -0.15) is 5.10 Å². The third kappa shape index (κ3) is 3.10. The van der Waals surface area contributed by atoms with E-state index in [1.807, 2.05) is 17.9 Å². The summed E-state index contributed by atoms with van der Waals surface area (Å²) in [7, 11) is 1.97. The first kappa shape index (κ1) is 14.1. The van der Waals surface area contributed by atoms with Crippen molar-refractivity contribution in [2.75, 3.05) is 11.4 Å². The predicted octanol–water partition coefficient (Wildman–Crippen LogP) is 2.55. The fourth-order valence-corrected chi connectivity index (χ4v) is 2.98. The number of nitrogens with one attached hydrogen (secondary N) is 1. The van der Waals surface area contributed by atoms with Gasteiger partial charge in [-0.25, -0.2) is 0 Å². The van der Waals surface area contributed by atoms with Crippen molar-refractivity contribution in [1.29, 1.82) is 0 Å². The van der Waals surface area contributed by atoms with Crippen molar-refractivity contribution in [2.45, 2.75) is 33.0 Å². The molecule has 4 nitrogen and oxygen atoms in total. The Kier molecular flexibility index (Phi) is 3.97. The Morgan fingerprint density at radius 3 is 2.86 bits per heavy atom. The Morgan fingerprint density at radius 1 is 1.33 bits per heavy atom. The second-order valence-corrected chi connectivity index (χ2v) is 6.26. The Balaban J connectivity index is 1.89. The van der Waals surface area contributed by atoms with Crippen LogP contribution in [-0.2, 0) is 20.1 Å². The lowest BCUT2D eigenvalue weighted by Crippen LogP contribution is -2.41. The lowest BCUT2D eigenvalue weighted by atomic mass is 10.0. The second-order valence-electron chi connectivity index (χ2n) is 6.26. The van der Waals surface area contributed by atoms with Crippen molar-refractivity contribution >= 4 is 5.69 Å². The number of nitrogens with zero attached hydrogens (tertiary/aromatic N) is 3. The quantitative estimate of drug-likeness (QED) is 0.940. The zero-order valence-corrected chi connectivity index (χ0v) is 13.1. The van der Waals surface area contributed by atoms with Crippen LogP contribution in [0.4, 0.5) is 5.69 Å². The fourth-order valence-electron chi connectivity index (χ4n) is 2.98. The molecular formula is C17H24N4. The summed E-state index contributed by atoms with van der Waals surface area (Å²) in [5, 5.41) is 7.99. The SMILES string of the molecule is CC(C)C1CN(Cc2cnn(C)c2)c2ccccc2CN1. The first-order valence-corrected chi connectivity index (χ1v) is 7.67. The number of rotatable bonds is 3. The second kappa shape index (κ2) is 5.90. The normalized spacial score (nSPS) is 18.7. The highest BCUT2D eigenvalue weighted by Crippen LogP contribution is 2.26. The molecule has 1 unspecified atom stereocenters. The van der Waals surface area contributed by atoms with E-state index in [2.05, 4.69) is 59.6 Å². The molecule has 0 aliphatic carbocycles. The number of hydrogen-bond acceptors (Lipinski definition) is 3. The average Bonchev–Trinajstić information content (AvgIpc) is 2.78. The number of aryl methyl sites for hydroxylation is 1. The Hall–Kier alpha value is -1.81. The average molecular weight is 284 g/mol. The molecule has 0 saturated carbocycles. The van der Waals surface area contributed by atoms with E-state index >= 15 is 0 Å². The van der Waals surface area contributed by atoms with Crippen LogP contribution in [0.3, 0.4) is 0 Å². The monoisotopic (exact) mass is 284 g/mol. The van der Waals surface area contributed by atoms with Crippen LogP contribution < -0.4 is 10.2 Å². The van der Waals surface area contributed by atoms with Gasteiger partial charge in [0, 0.05) is 50.2 Å². The molecule has 0 fully saturated rings. The molecule has 0 amide bonds. The van der Waals surface area contributed by atoms with Crippen LogP contribution in [0.5, 0.6) is 0 Å². The van der Waals surface area contributed by atoms with Crippen molar-refractivity contribution < 1.29 is 0 Å². The smallest absolute Gasteiger partial charge is 0.0539 e. The van der Waals surface area contributed by atoms with Gasteiger partial charge in [0.05, 0.1) is 6.20 Å². The molecule has 4 heteroatoms. The first-order chi connectivity index (χ1) is 10.1. The van der Waals surface area contributed by atoms with Crippen LogP contribution in [0.1, 0.15) is 25.0 Å². The summed E-state index contributed by atoms with van der Waals surface area (Å²) in [6, 6.07) is 9.22. The maximum atomic E-state index is 4.29. The van der Waals surface area contributed by atoms with Crippen molar-refractivity contribution in [3.8, 4) is 0 Å². The summed E-state index contributed by atoms with van der Waals surface area (Å²) >= 11 is 0. The molecule has 3 rings (SSSR count). The van der Waals surface area contributed by atoms with Crippen molar-refractivity contribution in [1.82, 2.24) is 15.1 Å². The minimum Gasteiger partial charge on any atom is -0.365 e. The van der Waals surface area contributed by atoms with E-state index in [9.17, 15) is 0 Å². The van der Waals surface area contributed by atoms with Crippen LogP contribution >= 0.6 is 0 Å². The standard InChI is InChI=1S/C17H24N4/c1-13(2)16-12-21(11-14-8-19-20(3)10-14)17-7-5-4-6-15(17)9-18-16/h4-8,10,13,16,18H,9,11-12H2,1-3H3. The molecule has 112 valence electrons. The molecule has 0 spiro atoms. The minimum absolute atomic E-state index is 0.508. The number of fused-ring (bicyclic) bond motifs is 1. The molecule has 1 atom stereocenters. The molecule has 1 aromatic carbocycles. The van der Waals surface area contributed by atoms with Crippen LogP contribution in [0.2, 0.25) is 0 Å². The van der Waals surface area contributed by atoms with Gasteiger partial charge in [0.25, 0.3) is 0 Å². The van der Waals surface area contributed by atoms with E-state index in [0.29, 0.717) is 12.0 Å². The van der Waals surface area contributed by atoms with Crippen LogP contribution in [-0.4, -0.2) is 22.4 Å². The Bertz CT molecular complexity index is 602. The van der Waals surface area contributed by atoms with Gasteiger partial charge < -0.3 is 10.2 Å². The van der Waals surface area contributed by atoms with Gasteiger partial charge in [-0.15, -0.1) is 0 Å². The third-order valence-electron chi connectivity index (χ3n) is 4.24. The molecule has 0 saturated heterocycles. The molecule has 1 N–H and O–H groups in total. The number of aromatic nitrogens is 2. The molecule has 1 aliphatic rings. The zero-order valence-electron chi connectivity index (χ0n) is 13.1. The summed E-state index contributed by atoms with van der Waals surface area (Å²) in [5.41, 5.74) is 3.98. The largest absolute Gasteiger partial charge is 0.365 e. The van der Waals surface area contributed by atoms with Gasteiger partial charge in [0.1, 0.15) is 0 Å². The summed E-state index contributed by atoms with van der Waals surface area (Å²) in [5.74, 6) is 0.621. The van der Waals surface area contributed by atoms with Gasteiger partial charge in [-0.1, -0.05) is 32.0 Å². The van der Waals surface area contributed by atoms with Gasteiger partial charge in [0.2, 0.25) is 0 Å². The van der Waals surface area contributed by atoms with Crippen LogP contribution in [0.25, 0.3) is 0 Å². The Labute approximate surface area is 126 Å². The first-order valence-electron chi connectivity index (χ1n) is 7.67. The number of hydrogen-bond donors (Lipinski definition) is 1. The molecule has 0 bridgehead atoms. The van der Waals surface area contributed by atoms with E-state index < -0.39 is 0 Å². The number of anilines is 1. The molecule has 1 aromatic heterocycles. The summed E-state index contributed by atoms with van der Waals surface area (Å²) < 4.78 is 1.87. The summed E-state index contributed by atoms with van der Waals surface area (Å²) in [6.07, 6.45) is 4.07. The minimum atomic E-state index is 0.508. The summed E-state index contributed by atoms with van der Waals surface area (Å²) in [4.78, 5) is 2.48. The molecular weight excluding hydrogens is 260 g/mol. The van der Waals surface area contributed by atoms with Gasteiger partial charge >= 0.3 is 0 Å². The maximum absolute atomic E-state index is 4.29. The van der Waals surface area contributed by atoms with Gasteiger partial charge in [0.15, 0.2) is 0 Å². The molecule has 0 radical (unpaired) electrons. The highest BCUT2D eigenvalue weighted by atomic mass is 15.2. The molecule has 2 aromatic rings. The van der Waals surface area contributed by atoms with Gasteiger partial charge in [-0.05, 0) is 17.5 Å². The van der Waals surface area contributed by atoms with E-state index in [4.69, 9.17) is 0 Å². The molecule has 1 aliphatic heterocycles. The van der Waals surface area contributed by atoms with E-state index in [1.54, 1.807) is 0 Å². The van der Waals surface area contributed by atoms with Crippen molar-refractivity contribution in [3.05, 3.63) is 47.8 Å². The molecule has 21 heavy (non-hydrogen) atoms. The molecule has 2 heterocycles. The summed E-state index contributed by atoms with van der Waals surface area (Å²) in [6.45, 7) is 7.47. The van der Waals surface area contributed by atoms with E-state index in [-0.39, 0.29) is 0 Å². The zero-order chi connectivity index (χ0) is 14.8. The number of para-hydroxylation sites is 1. The topological polar surface area (TPSA) is 33.1 Å². The van der Waals surface area contributed by atoms with Crippen molar-refractivity contribution in [3.63, 3.8) is 0 Å². The van der Waals surface area contributed by atoms with Crippen LogP contribution in [0, 0.1) is 5.92 Å².